The van der Waals surface area contributed by atoms with E-state index in [1.54, 1.807) is 6.07 Å². The van der Waals surface area contributed by atoms with Gasteiger partial charge in [-0.3, -0.25) is 10.2 Å². The zero-order valence-corrected chi connectivity index (χ0v) is 12.5. The molecule has 116 valence electrons. The molecule has 0 atom stereocenters. The summed E-state index contributed by atoms with van der Waals surface area (Å²) in [6, 6.07) is 7.45. The Hall–Kier alpha value is -2.44. The third kappa shape index (κ3) is 3.41. The van der Waals surface area contributed by atoms with Gasteiger partial charge in [0.2, 0.25) is 15.7 Å². The monoisotopic (exact) mass is 321 g/mol. The Morgan fingerprint density at radius 3 is 2.36 bits per heavy atom. The second-order valence-electron chi connectivity index (χ2n) is 4.68. The fraction of sp³-hybridized carbons (Fsp3) is 0.308. The molecule has 1 aliphatic heterocycles. The van der Waals surface area contributed by atoms with E-state index in [-0.39, 0.29) is 4.90 Å². The van der Waals surface area contributed by atoms with Crippen LogP contribution < -0.4 is 11.2 Å². The summed E-state index contributed by atoms with van der Waals surface area (Å²) in [7, 11) is -3.46. The Bertz CT molecular complexity index is 728. The Balaban J connectivity index is 2.14. The summed E-state index contributed by atoms with van der Waals surface area (Å²) < 4.78 is 26.1. The number of hydrazone groups is 1. The van der Waals surface area contributed by atoms with E-state index in [1.165, 1.54) is 28.6 Å². The number of hydrogen-bond acceptors (Lipinski definition) is 6. The van der Waals surface area contributed by atoms with Crippen molar-refractivity contribution in [3.05, 3.63) is 24.3 Å². The minimum Gasteiger partial charge on any atom is -0.364 e. The molecule has 3 N–H and O–H groups in total. The van der Waals surface area contributed by atoms with Crippen molar-refractivity contribution in [3.63, 3.8) is 0 Å². The lowest BCUT2D eigenvalue weighted by atomic mass is 10.3. The maximum absolute atomic E-state index is 12.3. The molecule has 8 nitrogen and oxygen atoms in total. The van der Waals surface area contributed by atoms with Crippen LogP contribution in [0.25, 0.3) is 0 Å². The highest BCUT2D eigenvalue weighted by Gasteiger charge is 2.26. The summed E-state index contributed by atoms with van der Waals surface area (Å²) in [5.74, 6) is -0.941. The van der Waals surface area contributed by atoms with Crippen LogP contribution in [-0.4, -0.2) is 37.4 Å². The fourth-order valence-corrected chi connectivity index (χ4v) is 3.55. The summed E-state index contributed by atoms with van der Waals surface area (Å²) in [4.78, 5) is 11.0. The molecular weight excluding hydrogens is 306 g/mol. The van der Waals surface area contributed by atoms with Crippen molar-refractivity contribution in [3.8, 4) is 6.07 Å². The number of carbonyl (C=O) groups excluding carboxylic acids is 1. The van der Waals surface area contributed by atoms with E-state index in [4.69, 9.17) is 11.0 Å². The number of anilines is 1. The van der Waals surface area contributed by atoms with Gasteiger partial charge in [-0.15, -0.1) is 0 Å². The zero-order chi connectivity index (χ0) is 16.2. The zero-order valence-electron chi connectivity index (χ0n) is 11.7. The standard InChI is InChI=1S/C13H15N5O3S/c14-9-12(13(15)19)17-16-10-3-5-11(6-4-10)22(20,21)18-7-1-2-8-18/h3-6,16H,1-2,7-8H2,(H2,15,19)/b17-12+. The predicted octanol–water partition coefficient (Wildman–Crippen LogP) is 0.248. The molecular formula is C13H15N5O3S. The minimum absolute atomic E-state index is 0.194. The number of carbonyl (C=O) groups is 1. The summed E-state index contributed by atoms with van der Waals surface area (Å²) in [6.07, 6.45) is 1.75. The second kappa shape index (κ2) is 6.55. The van der Waals surface area contributed by atoms with Crippen LogP contribution >= 0.6 is 0 Å². The first-order valence-corrected chi connectivity index (χ1v) is 8.03. The van der Waals surface area contributed by atoms with Crippen molar-refractivity contribution >= 4 is 27.3 Å². The van der Waals surface area contributed by atoms with E-state index in [1.807, 2.05) is 0 Å². The Morgan fingerprint density at radius 2 is 1.86 bits per heavy atom. The molecule has 1 aromatic rings. The molecule has 1 aromatic carbocycles. The van der Waals surface area contributed by atoms with Crippen LogP contribution in [0.4, 0.5) is 5.69 Å². The van der Waals surface area contributed by atoms with Gasteiger partial charge in [0.05, 0.1) is 10.6 Å². The number of primary amides is 1. The van der Waals surface area contributed by atoms with E-state index in [9.17, 15) is 13.2 Å². The van der Waals surface area contributed by atoms with Crippen LogP contribution in [0, 0.1) is 11.3 Å². The molecule has 1 aliphatic rings. The largest absolute Gasteiger partial charge is 0.364 e. The summed E-state index contributed by atoms with van der Waals surface area (Å²) in [6.45, 7) is 1.08. The van der Waals surface area contributed by atoms with Crippen molar-refractivity contribution in [2.75, 3.05) is 18.5 Å². The van der Waals surface area contributed by atoms with Crippen molar-refractivity contribution in [1.82, 2.24) is 4.31 Å². The number of nitrogens with one attached hydrogen (secondary N) is 1. The molecule has 0 unspecified atom stereocenters. The molecule has 0 spiro atoms. The van der Waals surface area contributed by atoms with Gasteiger partial charge in [0.1, 0.15) is 6.07 Å². The molecule has 1 fully saturated rings. The van der Waals surface area contributed by atoms with Gasteiger partial charge in [-0.2, -0.15) is 14.7 Å². The molecule has 0 aliphatic carbocycles. The van der Waals surface area contributed by atoms with Gasteiger partial charge < -0.3 is 5.73 Å². The van der Waals surface area contributed by atoms with Crippen LogP contribution in [0.5, 0.6) is 0 Å². The highest BCUT2D eigenvalue weighted by molar-refractivity contribution is 7.89. The SMILES string of the molecule is N#C/C(=N\Nc1ccc(S(=O)(=O)N2CCCC2)cc1)C(N)=O. The number of nitriles is 1. The van der Waals surface area contributed by atoms with Crippen molar-refractivity contribution < 1.29 is 13.2 Å². The van der Waals surface area contributed by atoms with Gasteiger partial charge in [-0.25, -0.2) is 8.42 Å². The number of nitrogens with zero attached hydrogens (tertiary/aromatic N) is 3. The summed E-state index contributed by atoms with van der Waals surface area (Å²) >= 11 is 0. The average Bonchev–Trinajstić information content (AvgIpc) is 3.03. The van der Waals surface area contributed by atoms with Gasteiger partial charge in [0.15, 0.2) is 0 Å². The molecule has 1 heterocycles. The van der Waals surface area contributed by atoms with Crippen LogP contribution in [-0.2, 0) is 14.8 Å². The fourth-order valence-electron chi connectivity index (χ4n) is 2.03. The number of amides is 1. The topological polar surface area (TPSA) is 129 Å². The first-order chi connectivity index (χ1) is 10.4. The normalized spacial score (nSPS) is 16.2. The quantitative estimate of drug-likeness (QED) is 0.593. The lowest BCUT2D eigenvalue weighted by molar-refractivity contribution is -0.111. The third-order valence-corrected chi connectivity index (χ3v) is 5.11. The van der Waals surface area contributed by atoms with Crippen LogP contribution in [0.1, 0.15) is 12.8 Å². The maximum Gasteiger partial charge on any atom is 0.280 e. The first kappa shape index (κ1) is 15.9. The third-order valence-electron chi connectivity index (χ3n) is 3.19. The molecule has 9 heteroatoms. The Labute approximate surface area is 128 Å². The van der Waals surface area contributed by atoms with Gasteiger partial charge in [-0.1, -0.05) is 0 Å². The summed E-state index contributed by atoms with van der Waals surface area (Å²) in [5.41, 5.74) is 7.40. The van der Waals surface area contributed by atoms with E-state index in [0.717, 1.165) is 12.8 Å². The molecule has 22 heavy (non-hydrogen) atoms. The van der Waals surface area contributed by atoms with Crippen molar-refractivity contribution in [2.24, 2.45) is 10.8 Å². The minimum atomic E-state index is -3.46. The highest BCUT2D eigenvalue weighted by Crippen LogP contribution is 2.22. The van der Waals surface area contributed by atoms with E-state index >= 15 is 0 Å². The highest BCUT2D eigenvalue weighted by atomic mass is 32.2. The lowest BCUT2D eigenvalue weighted by Crippen LogP contribution is -2.27. The summed E-state index contributed by atoms with van der Waals surface area (Å²) in [5, 5.41) is 12.2. The van der Waals surface area contributed by atoms with Crippen LogP contribution in [0.2, 0.25) is 0 Å². The number of hydrogen-bond donors (Lipinski definition) is 2. The van der Waals surface area contributed by atoms with Gasteiger partial charge in [0, 0.05) is 13.1 Å². The lowest BCUT2D eigenvalue weighted by Gasteiger charge is -2.15. The van der Waals surface area contributed by atoms with Gasteiger partial charge in [0.25, 0.3) is 5.91 Å². The molecule has 1 amide bonds. The first-order valence-electron chi connectivity index (χ1n) is 6.59. The maximum atomic E-state index is 12.3. The van der Waals surface area contributed by atoms with E-state index < -0.39 is 21.6 Å². The molecule has 0 bridgehead atoms. The number of rotatable bonds is 5. The molecule has 0 aromatic heterocycles. The van der Waals surface area contributed by atoms with Crippen molar-refractivity contribution in [1.29, 1.82) is 5.26 Å². The average molecular weight is 321 g/mol. The number of nitrogens with two attached hydrogens (primary N) is 1. The van der Waals surface area contributed by atoms with Gasteiger partial charge >= 0.3 is 0 Å². The second-order valence-corrected chi connectivity index (χ2v) is 6.62. The number of benzene rings is 1. The molecule has 1 saturated heterocycles. The Morgan fingerprint density at radius 1 is 1.27 bits per heavy atom. The van der Waals surface area contributed by atoms with E-state index in [2.05, 4.69) is 10.5 Å². The van der Waals surface area contributed by atoms with Crippen LogP contribution in [0.3, 0.4) is 0 Å². The number of sulfonamides is 1. The smallest absolute Gasteiger partial charge is 0.280 e. The molecule has 0 saturated carbocycles. The van der Waals surface area contributed by atoms with Crippen molar-refractivity contribution in [2.45, 2.75) is 17.7 Å². The van der Waals surface area contributed by atoms with E-state index in [0.29, 0.717) is 18.8 Å². The van der Waals surface area contributed by atoms with Gasteiger partial charge in [-0.05, 0) is 37.1 Å². The Kier molecular flexibility index (Phi) is 4.75. The van der Waals surface area contributed by atoms with Crippen LogP contribution in [0.15, 0.2) is 34.3 Å². The predicted molar refractivity (Wildman–Crippen MR) is 80.3 cm³/mol. The molecule has 0 radical (unpaired) electrons. The molecule has 2 rings (SSSR count).